The molecule has 4 heteroatoms. The first kappa shape index (κ1) is 12.7. The van der Waals surface area contributed by atoms with Gasteiger partial charge in [0.2, 0.25) is 5.91 Å². The lowest BCUT2D eigenvalue weighted by atomic mass is 10.1. The van der Waals surface area contributed by atoms with Crippen molar-refractivity contribution < 1.29 is 4.79 Å². The molecule has 0 spiro atoms. The molecular weight excluding hydrogens is 202 g/mol. The smallest absolute Gasteiger partial charge is 0.225 e. The van der Waals surface area contributed by atoms with E-state index in [1.807, 2.05) is 6.07 Å². The van der Waals surface area contributed by atoms with Crippen molar-refractivity contribution in [2.75, 3.05) is 5.32 Å². The second kappa shape index (κ2) is 6.30. The number of hydrogen-bond acceptors (Lipinski definition) is 2. The zero-order valence-corrected chi connectivity index (χ0v) is 10.3. The first-order valence-corrected chi connectivity index (χ1v) is 5.99. The molecule has 0 saturated heterocycles. The number of nitrogens with one attached hydrogen (secondary N) is 2. The quantitative estimate of drug-likeness (QED) is 0.779. The van der Waals surface area contributed by atoms with Crippen molar-refractivity contribution in [2.24, 2.45) is 5.92 Å². The van der Waals surface area contributed by atoms with Gasteiger partial charge in [-0.05, 0) is 12.3 Å². The van der Waals surface area contributed by atoms with E-state index in [1.165, 1.54) is 0 Å². The van der Waals surface area contributed by atoms with Crippen LogP contribution in [0.15, 0.2) is 6.07 Å². The zero-order chi connectivity index (χ0) is 12.0. The van der Waals surface area contributed by atoms with Crippen LogP contribution in [0.5, 0.6) is 0 Å². The third kappa shape index (κ3) is 4.04. The molecule has 0 saturated carbocycles. The number of nitrogens with zero attached hydrogens (tertiary/aromatic N) is 1. The highest BCUT2D eigenvalue weighted by Crippen LogP contribution is 2.11. The molecule has 1 heterocycles. The van der Waals surface area contributed by atoms with Gasteiger partial charge >= 0.3 is 0 Å². The van der Waals surface area contributed by atoms with E-state index in [1.54, 1.807) is 0 Å². The van der Waals surface area contributed by atoms with E-state index in [4.69, 9.17) is 0 Å². The van der Waals surface area contributed by atoms with E-state index >= 15 is 0 Å². The molecule has 0 aliphatic carbocycles. The maximum absolute atomic E-state index is 11.6. The van der Waals surface area contributed by atoms with Gasteiger partial charge in [-0.25, -0.2) is 0 Å². The zero-order valence-electron chi connectivity index (χ0n) is 10.3. The maximum Gasteiger partial charge on any atom is 0.225 e. The number of aromatic nitrogens is 2. The van der Waals surface area contributed by atoms with E-state index in [9.17, 15) is 4.79 Å². The molecule has 90 valence electrons. The van der Waals surface area contributed by atoms with Gasteiger partial charge in [-0.15, -0.1) is 0 Å². The fraction of sp³-hybridized carbons (Fsp3) is 0.667. The summed E-state index contributed by atoms with van der Waals surface area (Å²) in [5.74, 6) is 1.11. The normalized spacial score (nSPS) is 12.4. The Labute approximate surface area is 96.8 Å². The summed E-state index contributed by atoms with van der Waals surface area (Å²) in [5, 5.41) is 9.77. The van der Waals surface area contributed by atoms with Crippen LogP contribution in [0.4, 0.5) is 5.82 Å². The summed E-state index contributed by atoms with van der Waals surface area (Å²) < 4.78 is 0. The Morgan fingerprint density at radius 3 is 2.94 bits per heavy atom. The van der Waals surface area contributed by atoms with Crippen molar-refractivity contribution in [3.8, 4) is 0 Å². The second-order valence-corrected chi connectivity index (χ2v) is 4.29. The van der Waals surface area contributed by atoms with Gasteiger partial charge in [0.25, 0.3) is 0 Å². The lowest BCUT2D eigenvalue weighted by Gasteiger charge is -2.06. The highest BCUT2D eigenvalue weighted by atomic mass is 16.1. The highest BCUT2D eigenvalue weighted by molar-refractivity contribution is 5.89. The van der Waals surface area contributed by atoms with Crippen LogP contribution >= 0.6 is 0 Å². The average molecular weight is 223 g/mol. The van der Waals surface area contributed by atoms with Gasteiger partial charge in [0.1, 0.15) is 0 Å². The summed E-state index contributed by atoms with van der Waals surface area (Å²) in [7, 11) is 0. The maximum atomic E-state index is 11.6. The second-order valence-electron chi connectivity index (χ2n) is 4.29. The van der Waals surface area contributed by atoms with Crippen molar-refractivity contribution >= 4 is 11.7 Å². The Morgan fingerprint density at radius 1 is 1.56 bits per heavy atom. The summed E-state index contributed by atoms with van der Waals surface area (Å²) >= 11 is 0. The van der Waals surface area contributed by atoms with Crippen LogP contribution in [-0.2, 0) is 11.2 Å². The molecule has 1 unspecified atom stereocenters. The summed E-state index contributed by atoms with van der Waals surface area (Å²) in [4.78, 5) is 11.6. The number of amides is 1. The highest BCUT2D eigenvalue weighted by Gasteiger charge is 2.09. The fourth-order valence-electron chi connectivity index (χ4n) is 1.48. The van der Waals surface area contributed by atoms with Crippen molar-refractivity contribution in [1.29, 1.82) is 0 Å². The molecule has 1 rings (SSSR count). The minimum atomic E-state index is 0.0453. The van der Waals surface area contributed by atoms with E-state index in [2.05, 4.69) is 36.3 Å². The summed E-state index contributed by atoms with van der Waals surface area (Å²) in [6.07, 6.45) is 3.62. The standard InChI is InChI=1S/C12H21N3O/c1-4-6-10-8-11(15-14-10)13-12(16)7-9(3)5-2/h8-9H,4-7H2,1-3H3,(H2,13,14,15,16). The Bertz CT molecular complexity index is 333. The number of aromatic amines is 1. The minimum Gasteiger partial charge on any atom is -0.309 e. The summed E-state index contributed by atoms with van der Waals surface area (Å²) in [6, 6.07) is 1.90. The van der Waals surface area contributed by atoms with Crippen LogP contribution in [0.2, 0.25) is 0 Å². The molecule has 2 N–H and O–H groups in total. The van der Waals surface area contributed by atoms with Crippen molar-refractivity contribution in [2.45, 2.75) is 46.5 Å². The van der Waals surface area contributed by atoms with E-state index < -0.39 is 0 Å². The van der Waals surface area contributed by atoms with Gasteiger partial charge in [0, 0.05) is 18.2 Å². The van der Waals surface area contributed by atoms with Gasteiger partial charge < -0.3 is 5.32 Å². The minimum absolute atomic E-state index is 0.0453. The number of carbonyl (C=O) groups is 1. The average Bonchev–Trinajstić information content (AvgIpc) is 2.65. The Morgan fingerprint density at radius 2 is 2.31 bits per heavy atom. The molecule has 0 bridgehead atoms. The van der Waals surface area contributed by atoms with Crippen molar-refractivity contribution in [1.82, 2.24) is 10.2 Å². The number of anilines is 1. The SMILES string of the molecule is CCCc1cc(NC(=O)CC(C)CC)n[nH]1. The fourth-order valence-corrected chi connectivity index (χ4v) is 1.48. The first-order valence-electron chi connectivity index (χ1n) is 5.99. The predicted molar refractivity (Wildman–Crippen MR) is 65.3 cm³/mol. The van der Waals surface area contributed by atoms with Gasteiger partial charge in [-0.1, -0.05) is 33.6 Å². The lowest BCUT2D eigenvalue weighted by Crippen LogP contribution is -2.14. The molecule has 4 nitrogen and oxygen atoms in total. The molecule has 1 amide bonds. The van der Waals surface area contributed by atoms with E-state index in [0.717, 1.165) is 25.0 Å². The van der Waals surface area contributed by atoms with E-state index in [-0.39, 0.29) is 5.91 Å². The van der Waals surface area contributed by atoms with Gasteiger partial charge in [0.05, 0.1) is 0 Å². The first-order chi connectivity index (χ1) is 7.65. The van der Waals surface area contributed by atoms with Crippen molar-refractivity contribution in [3.63, 3.8) is 0 Å². The van der Waals surface area contributed by atoms with Crippen LogP contribution in [-0.4, -0.2) is 16.1 Å². The van der Waals surface area contributed by atoms with Crippen LogP contribution < -0.4 is 5.32 Å². The third-order valence-electron chi connectivity index (χ3n) is 2.65. The summed E-state index contributed by atoms with van der Waals surface area (Å²) in [5.41, 5.74) is 1.07. The number of carbonyl (C=O) groups excluding carboxylic acids is 1. The molecule has 16 heavy (non-hydrogen) atoms. The lowest BCUT2D eigenvalue weighted by molar-refractivity contribution is -0.117. The Balaban J connectivity index is 2.43. The van der Waals surface area contributed by atoms with E-state index in [0.29, 0.717) is 18.2 Å². The molecule has 0 aromatic carbocycles. The van der Waals surface area contributed by atoms with Gasteiger partial charge in [0.15, 0.2) is 5.82 Å². The van der Waals surface area contributed by atoms with Gasteiger partial charge in [-0.3, -0.25) is 9.89 Å². The molecule has 0 aliphatic rings. The number of H-pyrrole nitrogens is 1. The van der Waals surface area contributed by atoms with Gasteiger partial charge in [-0.2, -0.15) is 5.10 Å². The molecular formula is C12H21N3O. The summed E-state index contributed by atoms with van der Waals surface area (Å²) in [6.45, 7) is 6.28. The van der Waals surface area contributed by atoms with Crippen molar-refractivity contribution in [3.05, 3.63) is 11.8 Å². The molecule has 0 aliphatic heterocycles. The number of rotatable bonds is 6. The Kier molecular flexibility index (Phi) is 5.02. The topological polar surface area (TPSA) is 57.8 Å². The van der Waals surface area contributed by atoms with Crippen LogP contribution in [0.25, 0.3) is 0 Å². The number of hydrogen-bond donors (Lipinski definition) is 2. The third-order valence-corrected chi connectivity index (χ3v) is 2.65. The monoisotopic (exact) mass is 223 g/mol. The molecule has 0 radical (unpaired) electrons. The largest absolute Gasteiger partial charge is 0.309 e. The molecule has 1 aromatic rings. The predicted octanol–water partition coefficient (Wildman–Crippen LogP) is 2.74. The van der Waals surface area contributed by atoms with Crippen LogP contribution in [0, 0.1) is 5.92 Å². The number of aryl methyl sites for hydroxylation is 1. The molecule has 1 atom stereocenters. The molecule has 0 fully saturated rings. The molecule has 1 aromatic heterocycles. The van der Waals surface area contributed by atoms with Crippen LogP contribution in [0.1, 0.15) is 45.7 Å². The van der Waals surface area contributed by atoms with Crippen LogP contribution in [0.3, 0.4) is 0 Å². The Hall–Kier alpha value is -1.32.